The Labute approximate surface area is 361 Å². The second-order valence-corrected chi connectivity index (χ2v) is 20.9. The minimum atomic E-state index is -0.187. The molecule has 0 atom stereocenters. The molecule has 0 unspecified atom stereocenters. The van der Waals surface area contributed by atoms with Gasteiger partial charge in [-0.25, -0.2) is 4.98 Å². The van der Waals surface area contributed by atoms with Crippen LogP contribution >= 0.6 is 0 Å². The van der Waals surface area contributed by atoms with Crippen molar-refractivity contribution in [2.45, 2.75) is 131 Å². The number of nitrogens with zero attached hydrogens (tertiary/aromatic N) is 4. The van der Waals surface area contributed by atoms with E-state index in [1.165, 1.54) is 16.7 Å². The largest absolute Gasteiger partial charge is 0.510 e. The molecule has 0 spiro atoms. The van der Waals surface area contributed by atoms with E-state index in [0.29, 0.717) is 11.5 Å². The summed E-state index contributed by atoms with van der Waals surface area (Å²) >= 11 is 0. The first-order valence-electron chi connectivity index (χ1n) is 20.3. The summed E-state index contributed by atoms with van der Waals surface area (Å²) in [4.78, 5) is 4.87. The molecule has 0 saturated heterocycles. The average molecular weight is 952 g/mol. The standard InChI is InChI=1S/C52H60N4O.Pt/c1-48(2,3)34-22-23-53-47(29-34)56-44-19-17-16-18-42(44)43-21-20-40(31-45(43)56)57-41-28-37(51(10,11)12)27-39(30-41)55-33-54(32-46(55)52(13,14)15)38-25-35(49(4,5)6)24-36(26-38)50(7,8)9;/h16-29,32H,1-15H3;/q-2;. The third kappa shape index (κ3) is 8.62. The number of benzene rings is 4. The van der Waals surface area contributed by atoms with Crippen LogP contribution < -0.4 is 9.30 Å². The van der Waals surface area contributed by atoms with Gasteiger partial charge < -0.3 is 13.9 Å². The second kappa shape index (κ2) is 15.0. The Morgan fingerprint density at radius 2 is 1.17 bits per heavy atom. The summed E-state index contributed by atoms with van der Waals surface area (Å²) in [6, 6.07) is 35.6. The molecule has 7 aromatic rings. The van der Waals surface area contributed by atoms with Crippen molar-refractivity contribution in [3.63, 3.8) is 0 Å². The number of hydrogen-bond acceptors (Lipinski definition) is 2. The average Bonchev–Trinajstić information content (AvgIpc) is 3.71. The van der Waals surface area contributed by atoms with Crippen molar-refractivity contribution >= 4 is 21.8 Å². The maximum absolute atomic E-state index is 6.79. The van der Waals surface area contributed by atoms with Crippen molar-refractivity contribution in [2.75, 3.05) is 0 Å². The van der Waals surface area contributed by atoms with E-state index in [1.807, 2.05) is 12.3 Å². The number of ether oxygens (including phenoxy) is 1. The smallest absolute Gasteiger partial charge is 0.267 e. The molecule has 0 aliphatic carbocycles. The molecule has 0 radical (unpaired) electrons. The van der Waals surface area contributed by atoms with Gasteiger partial charge in [-0.05, 0) is 85.2 Å². The van der Waals surface area contributed by atoms with Crippen molar-refractivity contribution in [3.8, 4) is 28.7 Å². The number of fused-ring (bicyclic) bond motifs is 3. The summed E-state index contributed by atoms with van der Waals surface area (Å²) in [6.07, 6.45) is 7.89. The van der Waals surface area contributed by atoms with Gasteiger partial charge in [0.2, 0.25) is 0 Å². The molecule has 7 rings (SSSR count). The van der Waals surface area contributed by atoms with Gasteiger partial charge in [-0.1, -0.05) is 134 Å². The Kier molecular flexibility index (Phi) is 11.1. The molecule has 4 aromatic carbocycles. The molecular weight excluding hydrogens is 892 g/mol. The topological polar surface area (TPSA) is 35.9 Å². The molecule has 0 aliphatic rings. The molecule has 5 nitrogen and oxygen atoms in total. The van der Waals surface area contributed by atoms with E-state index < -0.39 is 0 Å². The summed E-state index contributed by atoms with van der Waals surface area (Å²) in [5.74, 6) is 2.10. The maximum atomic E-state index is 6.79. The van der Waals surface area contributed by atoms with Crippen LogP contribution in [0.25, 0.3) is 39.0 Å². The van der Waals surface area contributed by atoms with Crippen LogP contribution in [0.15, 0.2) is 91.3 Å². The Hall–Kier alpha value is -4.47. The molecule has 0 saturated carbocycles. The predicted octanol–water partition coefficient (Wildman–Crippen LogP) is 12.9. The van der Waals surface area contributed by atoms with Gasteiger partial charge in [-0.3, -0.25) is 4.57 Å². The molecule has 58 heavy (non-hydrogen) atoms. The Morgan fingerprint density at radius 1 is 0.569 bits per heavy atom. The van der Waals surface area contributed by atoms with Gasteiger partial charge in [0.1, 0.15) is 5.82 Å². The third-order valence-electron chi connectivity index (χ3n) is 11.0. The fourth-order valence-electron chi connectivity index (χ4n) is 7.27. The molecule has 0 N–H and O–H groups in total. The fourth-order valence-corrected chi connectivity index (χ4v) is 7.27. The van der Waals surface area contributed by atoms with Crippen molar-refractivity contribution in [1.29, 1.82) is 0 Å². The molecule has 6 heteroatoms. The van der Waals surface area contributed by atoms with E-state index in [2.05, 4.69) is 215 Å². The van der Waals surface area contributed by atoms with Gasteiger partial charge in [-0.15, -0.1) is 29.7 Å². The van der Waals surface area contributed by atoms with Gasteiger partial charge in [0.05, 0.1) is 11.4 Å². The van der Waals surface area contributed by atoms with Crippen LogP contribution in [0.5, 0.6) is 11.5 Å². The zero-order valence-electron chi connectivity index (χ0n) is 37.2. The molecule has 3 aromatic heterocycles. The number of imidazole rings is 1. The number of pyridine rings is 1. The monoisotopic (exact) mass is 951 g/mol. The summed E-state index contributed by atoms with van der Waals surface area (Å²) in [6.45, 7) is 33.9. The van der Waals surface area contributed by atoms with E-state index in [4.69, 9.17) is 9.72 Å². The van der Waals surface area contributed by atoms with Crippen molar-refractivity contribution in [1.82, 2.24) is 14.1 Å². The van der Waals surface area contributed by atoms with Crippen LogP contribution in [0.2, 0.25) is 0 Å². The molecule has 3 heterocycles. The molecule has 0 bridgehead atoms. The Bertz CT molecular complexity index is 2590. The van der Waals surface area contributed by atoms with Gasteiger partial charge in [0.15, 0.2) is 0 Å². The molecular formula is C52H60N4OPt-2. The van der Waals surface area contributed by atoms with Crippen molar-refractivity contribution < 1.29 is 30.4 Å². The van der Waals surface area contributed by atoms with Crippen LogP contribution in [-0.4, -0.2) is 14.1 Å². The van der Waals surface area contributed by atoms with E-state index in [1.54, 1.807) is 0 Å². The minimum Gasteiger partial charge on any atom is -0.510 e. The molecule has 0 aliphatic heterocycles. The first-order valence-corrected chi connectivity index (χ1v) is 20.3. The number of para-hydroxylation sites is 1. The summed E-state index contributed by atoms with van der Waals surface area (Å²) in [5.41, 5.74) is 9.70. The zero-order valence-corrected chi connectivity index (χ0v) is 39.4. The quantitative estimate of drug-likeness (QED) is 0.127. The second-order valence-electron chi connectivity index (χ2n) is 20.9. The van der Waals surface area contributed by atoms with Crippen LogP contribution in [0.3, 0.4) is 0 Å². The molecule has 0 amide bonds. The number of hydrogen-bond donors (Lipinski definition) is 0. The maximum Gasteiger partial charge on any atom is 0.267 e. The summed E-state index contributed by atoms with van der Waals surface area (Å²) in [7, 11) is 0. The zero-order chi connectivity index (χ0) is 41.5. The Balaban J connectivity index is 0.00000567. The first-order chi connectivity index (χ1) is 26.4. The summed E-state index contributed by atoms with van der Waals surface area (Å²) < 4.78 is 13.3. The van der Waals surface area contributed by atoms with E-state index in [9.17, 15) is 0 Å². The Morgan fingerprint density at radius 3 is 1.78 bits per heavy atom. The normalized spacial score (nSPS) is 12.9. The van der Waals surface area contributed by atoms with Crippen LogP contribution in [-0.2, 0) is 48.1 Å². The number of rotatable bonds is 5. The molecule has 306 valence electrons. The van der Waals surface area contributed by atoms with Crippen LogP contribution in [0.1, 0.15) is 132 Å². The van der Waals surface area contributed by atoms with Crippen molar-refractivity contribution in [2.24, 2.45) is 0 Å². The SMILES string of the molecule is CC(C)(C)c1cc(Oc2[c-]c3c(cc2)c2ccccc2n3-c2cc(C(C)(C)C)ccn2)[c-]c(-n2[c-][n+](-c3cc(C(C)(C)C)cc(C(C)(C)C)c3)cc2C(C)(C)C)c1.[Pt]. The number of aromatic nitrogens is 4. The van der Waals surface area contributed by atoms with Gasteiger partial charge in [0.25, 0.3) is 6.33 Å². The van der Waals surface area contributed by atoms with Crippen molar-refractivity contribution in [3.05, 3.63) is 138 Å². The van der Waals surface area contributed by atoms with Crippen LogP contribution in [0.4, 0.5) is 0 Å². The third-order valence-corrected chi connectivity index (χ3v) is 11.0. The van der Waals surface area contributed by atoms with E-state index in [0.717, 1.165) is 50.3 Å². The van der Waals surface area contributed by atoms with Gasteiger partial charge in [-0.2, -0.15) is 17.7 Å². The minimum absolute atomic E-state index is 0. The fraction of sp³-hybridized carbons (Fsp3) is 0.385. The van der Waals surface area contributed by atoms with Crippen LogP contribution in [0, 0.1) is 18.5 Å². The van der Waals surface area contributed by atoms with Gasteiger partial charge in [0, 0.05) is 50.5 Å². The van der Waals surface area contributed by atoms with Gasteiger partial charge >= 0.3 is 0 Å². The predicted molar refractivity (Wildman–Crippen MR) is 236 cm³/mol. The van der Waals surface area contributed by atoms with E-state index in [-0.39, 0.29) is 48.1 Å². The van der Waals surface area contributed by atoms with E-state index >= 15 is 0 Å². The first kappa shape index (κ1) is 43.1. The summed E-state index contributed by atoms with van der Waals surface area (Å²) in [5, 5.41) is 2.25. The molecule has 0 fully saturated rings.